The Hall–Kier alpha value is -1.33. The maximum Gasteiger partial charge on any atom is 0.150 e. The molecule has 0 aromatic carbocycles. The highest BCUT2D eigenvalue weighted by Crippen LogP contribution is 2.57. The van der Waals surface area contributed by atoms with E-state index in [0.29, 0.717) is 5.82 Å². The number of anilines is 1. The zero-order valence-corrected chi connectivity index (χ0v) is 15.4. The van der Waals surface area contributed by atoms with Crippen molar-refractivity contribution in [1.82, 2.24) is 19.7 Å². The summed E-state index contributed by atoms with van der Waals surface area (Å²) in [5.74, 6) is 7.83. The first-order chi connectivity index (χ1) is 11.1. The summed E-state index contributed by atoms with van der Waals surface area (Å²) >= 11 is 2.27. The summed E-state index contributed by atoms with van der Waals surface area (Å²) in [6.45, 7) is 2.67. The summed E-state index contributed by atoms with van der Waals surface area (Å²) < 4.78 is 3.11. The number of hydrogen-bond acceptors (Lipinski definition) is 4. The highest BCUT2D eigenvalue weighted by atomic mass is 127. The monoisotopic (exact) mass is 421 g/mol. The Bertz CT molecular complexity index is 821. The number of fused-ring (bicyclic) bond motifs is 3. The molecule has 0 saturated heterocycles. The normalized spacial score (nSPS) is 29.0. The molecule has 2 heterocycles. The Labute approximate surface area is 149 Å². The predicted octanol–water partition coefficient (Wildman–Crippen LogP) is 2.48. The van der Waals surface area contributed by atoms with Gasteiger partial charge in [0.1, 0.15) is 15.0 Å². The highest BCUT2D eigenvalue weighted by molar-refractivity contribution is 14.1. The van der Waals surface area contributed by atoms with Gasteiger partial charge in [0.2, 0.25) is 0 Å². The molecular weight excluding hydrogens is 401 g/mol. The molecule has 0 aliphatic heterocycles. The van der Waals surface area contributed by atoms with E-state index in [1.54, 1.807) is 6.20 Å². The number of imidazole rings is 1. The molecule has 0 atom stereocenters. The highest BCUT2D eigenvalue weighted by Gasteiger charge is 2.56. The van der Waals surface area contributed by atoms with Crippen LogP contribution < -0.4 is 11.1 Å². The van der Waals surface area contributed by atoms with E-state index in [0.717, 1.165) is 28.0 Å². The minimum absolute atomic E-state index is 0.159. The minimum Gasteiger partial charge on any atom is -0.382 e. The molecule has 2 aromatic heterocycles. The van der Waals surface area contributed by atoms with Crippen LogP contribution in [0.3, 0.4) is 0 Å². The quantitative estimate of drug-likeness (QED) is 0.591. The molecule has 5 nitrogen and oxygen atoms in total. The van der Waals surface area contributed by atoms with Crippen molar-refractivity contribution in [3.8, 4) is 11.8 Å². The molecular formula is C17H20IN5. The average Bonchev–Trinajstić information content (AvgIpc) is 3.19. The van der Waals surface area contributed by atoms with E-state index < -0.39 is 0 Å². The SMILES string of the molecule is CC#CCNC12CCC(c3nc(I)c4c(N)nccn34)(CC1)C2. The molecule has 120 valence electrons. The summed E-state index contributed by atoms with van der Waals surface area (Å²) in [7, 11) is 0. The molecule has 3 N–H and O–H groups in total. The molecule has 23 heavy (non-hydrogen) atoms. The maximum absolute atomic E-state index is 6.07. The van der Waals surface area contributed by atoms with Gasteiger partial charge in [-0.15, -0.1) is 5.92 Å². The number of nitrogen functional groups attached to an aromatic ring is 1. The Morgan fingerprint density at radius 3 is 2.91 bits per heavy atom. The molecule has 6 heteroatoms. The fourth-order valence-electron chi connectivity index (χ4n) is 4.47. The van der Waals surface area contributed by atoms with Crippen molar-refractivity contribution in [2.45, 2.75) is 50.0 Å². The van der Waals surface area contributed by atoms with Gasteiger partial charge in [0.15, 0.2) is 5.82 Å². The molecule has 0 amide bonds. The molecule has 2 aliphatic carbocycles. The Balaban J connectivity index is 1.72. The van der Waals surface area contributed by atoms with E-state index in [4.69, 9.17) is 10.7 Å². The summed E-state index contributed by atoms with van der Waals surface area (Å²) in [4.78, 5) is 9.12. The van der Waals surface area contributed by atoms with Crippen molar-refractivity contribution in [3.63, 3.8) is 0 Å². The molecule has 2 saturated carbocycles. The number of nitrogens with one attached hydrogen (secondary N) is 1. The van der Waals surface area contributed by atoms with Gasteiger partial charge in [-0.25, -0.2) is 9.97 Å². The van der Waals surface area contributed by atoms with Crippen LogP contribution in [-0.4, -0.2) is 26.5 Å². The number of rotatable bonds is 3. The molecule has 2 bridgehead atoms. The second-order valence-corrected chi connectivity index (χ2v) is 7.80. The number of hydrogen-bond donors (Lipinski definition) is 2. The van der Waals surface area contributed by atoms with Crippen molar-refractivity contribution in [2.24, 2.45) is 0 Å². The second-order valence-electron chi connectivity index (χ2n) is 6.78. The van der Waals surface area contributed by atoms with Crippen molar-refractivity contribution >= 4 is 33.9 Å². The van der Waals surface area contributed by atoms with Gasteiger partial charge in [-0.05, 0) is 61.6 Å². The summed E-state index contributed by atoms with van der Waals surface area (Å²) in [5, 5.41) is 3.70. The van der Waals surface area contributed by atoms with E-state index in [1.807, 2.05) is 13.1 Å². The first-order valence-corrected chi connectivity index (χ1v) is 9.10. The number of aromatic nitrogens is 3. The van der Waals surface area contributed by atoms with Gasteiger partial charge in [0, 0.05) is 23.3 Å². The maximum atomic E-state index is 6.07. The fourth-order valence-corrected chi connectivity index (χ4v) is 5.23. The Morgan fingerprint density at radius 1 is 1.39 bits per heavy atom. The molecule has 2 aromatic rings. The van der Waals surface area contributed by atoms with Gasteiger partial charge in [-0.1, -0.05) is 5.92 Å². The Kier molecular flexibility index (Phi) is 3.54. The van der Waals surface area contributed by atoms with Crippen LogP contribution in [0.15, 0.2) is 12.4 Å². The van der Waals surface area contributed by atoms with E-state index in [2.05, 4.69) is 49.1 Å². The summed E-state index contributed by atoms with van der Waals surface area (Å²) in [6, 6.07) is 0. The molecule has 0 radical (unpaired) electrons. The van der Waals surface area contributed by atoms with Crippen molar-refractivity contribution < 1.29 is 0 Å². The van der Waals surface area contributed by atoms with E-state index in [-0.39, 0.29) is 11.0 Å². The lowest BCUT2D eigenvalue weighted by atomic mass is 9.83. The minimum atomic E-state index is 0.159. The number of nitrogens with zero attached hydrogens (tertiary/aromatic N) is 3. The first-order valence-electron chi connectivity index (χ1n) is 8.02. The van der Waals surface area contributed by atoms with Gasteiger partial charge in [-0.3, -0.25) is 4.40 Å². The van der Waals surface area contributed by atoms with E-state index >= 15 is 0 Å². The lowest BCUT2D eigenvalue weighted by Gasteiger charge is -2.27. The lowest BCUT2D eigenvalue weighted by molar-refractivity contribution is 0.335. The topological polar surface area (TPSA) is 68.2 Å². The van der Waals surface area contributed by atoms with E-state index in [9.17, 15) is 0 Å². The van der Waals surface area contributed by atoms with Crippen LogP contribution in [0.4, 0.5) is 5.82 Å². The number of halogens is 1. The molecule has 0 unspecified atom stereocenters. The second kappa shape index (κ2) is 5.35. The third-order valence-electron chi connectivity index (χ3n) is 5.58. The van der Waals surface area contributed by atoms with Gasteiger partial charge < -0.3 is 11.1 Å². The number of nitrogens with two attached hydrogens (primary N) is 1. The van der Waals surface area contributed by atoms with Gasteiger partial charge in [0.25, 0.3) is 0 Å². The van der Waals surface area contributed by atoms with Crippen molar-refractivity contribution in [3.05, 3.63) is 21.9 Å². The Morgan fingerprint density at radius 2 is 2.17 bits per heavy atom. The van der Waals surface area contributed by atoms with Crippen molar-refractivity contribution in [1.29, 1.82) is 0 Å². The largest absolute Gasteiger partial charge is 0.382 e. The standard InChI is InChI=1S/C17H20IN5/c1-2-3-8-21-17-6-4-16(11-17,5-7-17)15-22-13(18)12-14(19)20-9-10-23(12)15/h9-10,21H,4-8,11H2,1H3,(H2,19,20). The van der Waals surface area contributed by atoms with Crippen LogP contribution in [0.1, 0.15) is 44.9 Å². The summed E-state index contributed by atoms with van der Waals surface area (Å²) in [6.07, 6.45) is 9.66. The van der Waals surface area contributed by atoms with Crippen molar-refractivity contribution in [2.75, 3.05) is 12.3 Å². The molecule has 2 fully saturated rings. The van der Waals surface area contributed by atoms with Crippen LogP contribution in [0.5, 0.6) is 0 Å². The van der Waals surface area contributed by atoms with Crippen LogP contribution in [0.25, 0.3) is 5.52 Å². The van der Waals surface area contributed by atoms with Crippen LogP contribution >= 0.6 is 22.6 Å². The van der Waals surface area contributed by atoms with E-state index in [1.165, 1.54) is 25.7 Å². The summed E-state index contributed by atoms with van der Waals surface area (Å²) in [5.41, 5.74) is 7.41. The lowest BCUT2D eigenvalue weighted by Crippen LogP contribution is -2.41. The molecule has 4 rings (SSSR count). The smallest absolute Gasteiger partial charge is 0.150 e. The van der Waals surface area contributed by atoms with Gasteiger partial charge in [0.05, 0.1) is 6.54 Å². The third kappa shape index (κ3) is 2.24. The molecule has 2 aliphatic rings. The average molecular weight is 421 g/mol. The van der Waals surface area contributed by atoms with Crippen LogP contribution in [-0.2, 0) is 5.41 Å². The fraction of sp³-hybridized carbons (Fsp3) is 0.529. The predicted molar refractivity (Wildman–Crippen MR) is 99.1 cm³/mol. The zero-order valence-electron chi connectivity index (χ0n) is 13.2. The molecule has 0 spiro atoms. The first kappa shape index (κ1) is 15.2. The van der Waals surface area contributed by atoms with Gasteiger partial charge >= 0.3 is 0 Å². The zero-order chi connectivity index (χ0) is 16.1. The third-order valence-corrected chi connectivity index (χ3v) is 6.34. The van der Waals surface area contributed by atoms with Crippen LogP contribution in [0, 0.1) is 15.5 Å². The van der Waals surface area contributed by atoms with Crippen LogP contribution in [0.2, 0.25) is 0 Å². The van der Waals surface area contributed by atoms with Gasteiger partial charge in [-0.2, -0.15) is 0 Å².